The molecule has 0 unspecified atom stereocenters. The Labute approximate surface area is 129 Å². The van der Waals surface area contributed by atoms with Crippen LogP contribution in [0, 0.1) is 0 Å². The summed E-state index contributed by atoms with van der Waals surface area (Å²) in [6.07, 6.45) is 8.56. The Morgan fingerprint density at radius 3 is 2.77 bits per heavy atom. The number of nitrogens with one attached hydrogen (secondary N) is 1. The molecule has 3 N–H and O–H groups in total. The van der Waals surface area contributed by atoms with Crippen LogP contribution in [-0.2, 0) is 0 Å². The lowest BCUT2D eigenvalue weighted by atomic mass is 10.1. The quantitative estimate of drug-likeness (QED) is 0.908. The molecule has 0 radical (unpaired) electrons. The minimum Gasteiger partial charge on any atom is -0.397 e. The largest absolute Gasteiger partial charge is 0.397 e. The van der Waals surface area contributed by atoms with E-state index in [-0.39, 0.29) is 11.6 Å². The molecule has 2 aromatic heterocycles. The van der Waals surface area contributed by atoms with Crippen LogP contribution in [0.5, 0.6) is 0 Å². The fourth-order valence-corrected chi connectivity index (χ4v) is 2.68. The van der Waals surface area contributed by atoms with Crippen molar-refractivity contribution in [1.29, 1.82) is 0 Å². The molecule has 1 fully saturated rings. The summed E-state index contributed by atoms with van der Waals surface area (Å²) in [4.78, 5) is 22.8. The Balaban J connectivity index is 1.83. The van der Waals surface area contributed by atoms with Gasteiger partial charge in [-0.2, -0.15) is 0 Å². The summed E-state index contributed by atoms with van der Waals surface area (Å²) in [7, 11) is 0. The molecule has 1 aliphatic heterocycles. The molecule has 3 rings (SSSR count). The second kappa shape index (κ2) is 6.43. The van der Waals surface area contributed by atoms with Crippen molar-refractivity contribution in [1.82, 2.24) is 9.97 Å². The van der Waals surface area contributed by atoms with Crippen molar-refractivity contribution in [3.05, 3.63) is 42.5 Å². The van der Waals surface area contributed by atoms with E-state index < -0.39 is 0 Å². The van der Waals surface area contributed by atoms with Gasteiger partial charge in [0.25, 0.3) is 5.91 Å². The second-order valence-electron chi connectivity index (χ2n) is 5.34. The van der Waals surface area contributed by atoms with E-state index in [0.29, 0.717) is 11.4 Å². The number of aromatic nitrogens is 2. The maximum Gasteiger partial charge on any atom is 0.276 e. The van der Waals surface area contributed by atoms with E-state index in [1.807, 2.05) is 6.07 Å². The Kier molecular flexibility index (Phi) is 4.18. The number of piperidine rings is 1. The number of anilines is 3. The van der Waals surface area contributed by atoms with Crippen molar-refractivity contribution in [2.75, 3.05) is 29.0 Å². The number of hydrogen-bond acceptors (Lipinski definition) is 5. The van der Waals surface area contributed by atoms with Crippen molar-refractivity contribution in [2.24, 2.45) is 0 Å². The number of rotatable bonds is 3. The average molecular weight is 297 g/mol. The molecule has 6 nitrogen and oxygen atoms in total. The number of hydrogen-bond donors (Lipinski definition) is 2. The lowest BCUT2D eigenvalue weighted by molar-refractivity contribution is 0.102. The maximum absolute atomic E-state index is 12.4. The zero-order valence-electron chi connectivity index (χ0n) is 12.3. The third kappa shape index (κ3) is 3.00. The SMILES string of the molecule is Nc1cccnc1C(=O)Nc1cnccc1N1CCCCC1. The van der Waals surface area contributed by atoms with Crippen molar-refractivity contribution in [3.63, 3.8) is 0 Å². The van der Waals surface area contributed by atoms with Gasteiger partial charge >= 0.3 is 0 Å². The summed E-state index contributed by atoms with van der Waals surface area (Å²) >= 11 is 0. The van der Waals surface area contributed by atoms with Crippen molar-refractivity contribution >= 4 is 23.0 Å². The number of amides is 1. The van der Waals surface area contributed by atoms with Gasteiger partial charge in [-0.15, -0.1) is 0 Å². The predicted molar refractivity (Wildman–Crippen MR) is 86.9 cm³/mol. The topological polar surface area (TPSA) is 84.1 Å². The van der Waals surface area contributed by atoms with Crippen LogP contribution in [0.2, 0.25) is 0 Å². The fourth-order valence-electron chi connectivity index (χ4n) is 2.68. The standard InChI is InChI=1S/C16H19N5O/c17-12-5-4-7-19-15(12)16(22)20-13-11-18-8-6-14(13)21-9-2-1-3-10-21/h4-8,11H,1-3,9-10,17H2,(H,20,22). The van der Waals surface area contributed by atoms with Crippen molar-refractivity contribution in [2.45, 2.75) is 19.3 Å². The third-order valence-corrected chi connectivity index (χ3v) is 3.80. The molecular formula is C16H19N5O. The first kappa shape index (κ1) is 14.3. The van der Waals surface area contributed by atoms with E-state index in [0.717, 1.165) is 18.8 Å². The summed E-state index contributed by atoms with van der Waals surface area (Å²) in [6.45, 7) is 2.00. The lowest BCUT2D eigenvalue weighted by Crippen LogP contribution is -2.30. The second-order valence-corrected chi connectivity index (χ2v) is 5.34. The summed E-state index contributed by atoms with van der Waals surface area (Å²) in [6, 6.07) is 5.30. The summed E-state index contributed by atoms with van der Waals surface area (Å²) in [5.74, 6) is -0.315. The molecule has 0 spiro atoms. The number of nitrogens with two attached hydrogens (primary N) is 1. The van der Waals surface area contributed by atoms with Crippen LogP contribution in [0.25, 0.3) is 0 Å². The van der Waals surface area contributed by atoms with E-state index >= 15 is 0 Å². The van der Waals surface area contributed by atoms with E-state index in [1.165, 1.54) is 19.3 Å². The molecule has 1 amide bonds. The number of nitrogens with zero attached hydrogens (tertiary/aromatic N) is 3. The molecular weight excluding hydrogens is 278 g/mol. The number of carbonyl (C=O) groups excluding carboxylic acids is 1. The van der Waals surface area contributed by atoms with Gasteiger partial charge in [-0.05, 0) is 37.5 Å². The third-order valence-electron chi connectivity index (χ3n) is 3.80. The van der Waals surface area contributed by atoms with Gasteiger partial charge in [-0.1, -0.05) is 0 Å². The highest BCUT2D eigenvalue weighted by Crippen LogP contribution is 2.27. The minimum absolute atomic E-state index is 0.232. The molecule has 0 saturated carbocycles. The molecule has 1 aliphatic rings. The molecule has 3 heterocycles. The van der Waals surface area contributed by atoms with Gasteiger partial charge < -0.3 is 16.0 Å². The van der Waals surface area contributed by atoms with Crippen LogP contribution < -0.4 is 16.0 Å². The predicted octanol–water partition coefficient (Wildman–Crippen LogP) is 2.30. The maximum atomic E-state index is 12.4. The lowest BCUT2D eigenvalue weighted by Gasteiger charge is -2.30. The normalized spacial score (nSPS) is 14.6. The van der Waals surface area contributed by atoms with Gasteiger partial charge in [-0.25, -0.2) is 4.98 Å². The monoisotopic (exact) mass is 297 g/mol. The zero-order valence-corrected chi connectivity index (χ0v) is 12.3. The molecule has 2 aromatic rings. The number of nitrogen functional groups attached to an aromatic ring is 1. The Hall–Kier alpha value is -2.63. The van der Waals surface area contributed by atoms with Gasteiger partial charge in [0.15, 0.2) is 5.69 Å². The zero-order chi connectivity index (χ0) is 15.4. The van der Waals surface area contributed by atoms with Crippen LogP contribution in [0.4, 0.5) is 17.1 Å². The highest BCUT2D eigenvalue weighted by molar-refractivity contribution is 6.07. The van der Waals surface area contributed by atoms with Crippen LogP contribution in [0.3, 0.4) is 0 Å². The van der Waals surface area contributed by atoms with Gasteiger partial charge in [0, 0.05) is 25.5 Å². The van der Waals surface area contributed by atoms with Crippen molar-refractivity contribution < 1.29 is 4.79 Å². The molecule has 0 aliphatic carbocycles. The van der Waals surface area contributed by atoms with E-state index in [2.05, 4.69) is 20.2 Å². The molecule has 0 bridgehead atoms. The van der Waals surface area contributed by atoms with E-state index in [1.54, 1.807) is 30.7 Å². The van der Waals surface area contributed by atoms with Crippen LogP contribution in [0.1, 0.15) is 29.8 Å². The van der Waals surface area contributed by atoms with E-state index in [9.17, 15) is 4.79 Å². The minimum atomic E-state index is -0.315. The fraction of sp³-hybridized carbons (Fsp3) is 0.312. The molecule has 1 saturated heterocycles. The highest BCUT2D eigenvalue weighted by Gasteiger charge is 2.17. The molecule has 22 heavy (non-hydrogen) atoms. The van der Waals surface area contributed by atoms with Gasteiger partial charge in [-0.3, -0.25) is 9.78 Å². The molecule has 6 heteroatoms. The summed E-state index contributed by atoms with van der Waals surface area (Å²) in [5.41, 5.74) is 8.09. The first-order chi connectivity index (χ1) is 10.8. The smallest absolute Gasteiger partial charge is 0.276 e. The summed E-state index contributed by atoms with van der Waals surface area (Å²) < 4.78 is 0. The highest BCUT2D eigenvalue weighted by atomic mass is 16.1. The molecule has 0 aromatic carbocycles. The molecule has 0 atom stereocenters. The summed E-state index contributed by atoms with van der Waals surface area (Å²) in [5, 5.41) is 2.88. The first-order valence-corrected chi connectivity index (χ1v) is 7.46. The number of carbonyl (C=O) groups is 1. The Bertz CT molecular complexity index is 667. The first-order valence-electron chi connectivity index (χ1n) is 7.46. The van der Waals surface area contributed by atoms with Gasteiger partial charge in [0.1, 0.15) is 0 Å². The average Bonchev–Trinajstić information content (AvgIpc) is 2.56. The Morgan fingerprint density at radius 1 is 1.18 bits per heavy atom. The van der Waals surface area contributed by atoms with Crippen LogP contribution in [-0.4, -0.2) is 29.0 Å². The number of pyridine rings is 2. The van der Waals surface area contributed by atoms with Gasteiger partial charge in [0.2, 0.25) is 0 Å². The van der Waals surface area contributed by atoms with Crippen LogP contribution in [0.15, 0.2) is 36.8 Å². The van der Waals surface area contributed by atoms with E-state index in [4.69, 9.17) is 5.73 Å². The Morgan fingerprint density at radius 2 is 2.00 bits per heavy atom. The van der Waals surface area contributed by atoms with Crippen molar-refractivity contribution in [3.8, 4) is 0 Å². The van der Waals surface area contributed by atoms with Gasteiger partial charge in [0.05, 0.1) is 23.3 Å². The van der Waals surface area contributed by atoms with Crippen LogP contribution >= 0.6 is 0 Å². The molecule has 114 valence electrons.